The van der Waals surface area contributed by atoms with Gasteiger partial charge in [0.1, 0.15) is 5.82 Å². The van der Waals surface area contributed by atoms with Gasteiger partial charge < -0.3 is 0 Å². The molecule has 7 nitrogen and oxygen atoms in total. The van der Waals surface area contributed by atoms with E-state index in [1.165, 1.54) is 20.2 Å². The highest BCUT2D eigenvalue weighted by Crippen LogP contribution is 2.39. The molecule has 0 N–H and O–H groups in total. The van der Waals surface area contributed by atoms with Crippen LogP contribution in [0, 0.1) is 0 Å². The van der Waals surface area contributed by atoms with Crippen LogP contribution < -0.4 is 0 Å². The summed E-state index contributed by atoms with van der Waals surface area (Å²) in [6.07, 6.45) is 1.87. The van der Waals surface area contributed by atoms with Gasteiger partial charge in [-0.3, -0.25) is 14.1 Å². The second kappa shape index (κ2) is 14.1. The summed E-state index contributed by atoms with van der Waals surface area (Å²) in [5.41, 5.74) is 11.4. The lowest BCUT2D eigenvalue weighted by atomic mass is 10.0. The summed E-state index contributed by atoms with van der Waals surface area (Å²) in [5.74, 6) is 2.69. The van der Waals surface area contributed by atoms with E-state index in [9.17, 15) is 0 Å². The Balaban J connectivity index is 0.961. The van der Waals surface area contributed by atoms with Gasteiger partial charge in [0, 0.05) is 54.5 Å². The van der Waals surface area contributed by atoms with Gasteiger partial charge in [-0.05, 0) is 77.9 Å². The molecule has 63 heavy (non-hydrogen) atoms. The van der Waals surface area contributed by atoms with Gasteiger partial charge in [0.2, 0.25) is 5.95 Å². The van der Waals surface area contributed by atoms with Crippen molar-refractivity contribution in [3.8, 4) is 56.9 Å². The zero-order valence-electron chi connectivity index (χ0n) is 33.6. The molecule has 0 aliphatic rings. The molecule has 13 rings (SSSR count). The molecule has 13 aromatic rings. The van der Waals surface area contributed by atoms with E-state index in [0.717, 1.165) is 83.1 Å². The van der Waals surface area contributed by atoms with Crippen LogP contribution in [-0.4, -0.2) is 34.1 Å². The average Bonchev–Trinajstić information content (AvgIpc) is 4.01. The average molecular weight is 824 g/mol. The number of benzene rings is 7. The Morgan fingerprint density at radius 3 is 1.75 bits per heavy atom. The van der Waals surface area contributed by atoms with Crippen molar-refractivity contribution in [3.63, 3.8) is 0 Å². The van der Waals surface area contributed by atoms with Crippen molar-refractivity contribution in [3.05, 3.63) is 200 Å². The summed E-state index contributed by atoms with van der Waals surface area (Å²) in [6.45, 7) is 0. The van der Waals surface area contributed by atoms with Gasteiger partial charge >= 0.3 is 0 Å². The first kappa shape index (κ1) is 35.4. The summed E-state index contributed by atoms with van der Waals surface area (Å²) >= 11 is 1.77. The highest BCUT2D eigenvalue weighted by molar-refractivity contribution is 7.25. The molecule has 0 spiro atoms. The first-order valence-corrected chi connectivity index (χ1v) is 21.7. The molecule has 8 heteroatoms. The molecule has 0 atom stereocenters. The minimum absolute atomic E-state index is 0.572. The number of thiophene rings is 1. The lowest BCUT2D eigenvalue weighted by Gasteiger charge is -2.11. The minimum Gasteiger partial charge on any atom is -0.294 e. The van der Waals surface area contributed by atoms with Gasteiger partial charge in [0.25, 0.3) is 0 Å². The highest BCUT2D eigenvalue weighted by Gasteiger charge is 2.20. The number of hydrogen-bond donors (Lipinski definition) is 0. The molecule has 0 unspecified atom stereocenters. The molecule has 6 aromatic heterocycles. The van der Waals surface area contributed by atoms with Crippen LogP contribution in [0.25, 0.3) is 121 Å². The fraction of sp³-hybridized carbons (Fsp3) is 0. The quantitative estimate of drug-likeness (QED) is 0.167. The summed E-state index contributed by atoms with van der Waals surface area (Å²) in [7, 11) is 0. The third-order valence-electron chi connectivity index (χ3n) is 12.1. The van der Waals surface area contributed by atoms with E-state index in [1.807, 2.05) is 72.9 Å². The molecule has 0 saturated carbocycles. The number of fused-ring (bicyclic) bond motifs is 9. The molecule has 7 aromatic carbocycles. The SMILES string of the molecule is c1ccc(-c2nc(-c3ccccc3)nc(-n3c4ccccc4c4cc(-c5ccc6c7ccccc7n(-c7cccc(-c8ccc9sc%10cccnc%10c9c8)n7)c6c5)ccc43)n2)cc1. The molecule has 0 aliphatic heterocycles. The summed E-state index contributed by atoms with van der Waals surface area (Å²) in [6, 6.07) is 67.9. The summed E-state index contributed by atoms with van der Waals surface area (Å²) in [5, 5.41) is 5.76. The van der Waals surface area contributed by atoms with Gasteiger partial charge in [-0.1, -0.05) is 127 Å². The Morgan fingerprint density at radius 2 is 0.968 bits per heavy atom. The van der Waals surface area contributed by atoms with Gasteiger partial charge in [-0.15, -0.1) is 11.3 Å². The zero-order valence-corrected chi connectivity index (χ0v) is 34.4. The van der Waals surface area contributed by atoms with Crippen LogP contribution in [0.5, 0.6) is 0 Å². The molecule has 0 amide bonds. The van der Waals surface area contributed by atoms with Crippen molar-refractivity contribution in [1.82, 2.24) is 34.1 Å². The molecule has 0 bridgehead atoms. The van der Waals surface area contributed by atoms with Crippen LogP contribution in [-0.2, 0) is 0 Å². The Bertz CT molecular complexity index is 3870. The second-order valence-electron chi connectivity index (χ2n) is 15.7. The van der Waals surface area contributed by atoms with Crippen LogP contribution >= 0.6 is 11.3 Å². The standard InChI is InChI=1S/C55H33N7S/c1-3-13-34(14-4-1)53-58-54(35-15-5-2-6-16-35)60-55(59-53)62-46-21-10-8-18-40(46)42-31-36(25-28-47(42)62)37-24-27-41-39-17-7-9-20-45(39)61(48(41)33-37)51-23-11-19-44(57-51)38-26-29-49-43(32-38)52-50(63-49)22-12-30-56-52/h1-33H. The first-order valence-electron chi connectivity index (χ1n) is 20.9. The van der Waals surface area contributed by atoms with Gasteiger partial charge in [0.15, 0.2) is 11.6 Å². The van der Waals surface area contributed by atoms with Crippen LogP contribution in [0.15, 0.2) is 200 Å². The van der Waals surface area contributed by atoms with Gasteiger partial charge in [-0.2, -0.15) is 9.97 Å². The van der Waals surface area contributed by atoms with Gasteiger partial charge in [-0.25, -0.2) is 9.97 Å². The molecule has 0 fully saturated rings. The van der Waals surface area contributed by atoms with Crippen LogP contribution in [0.1, 0.15) is 0 Å². The molecule has 294 valence electrons. The molecule has 0 saturated heterocycles. The van der Waals surface area contributed by atoms with Crippen molar-refractivity contribution < 1.29 is 0 Å². The maximum atomic E-state index is 5.34. The van der Waals surface area contributed by atoms with Crippen molar-refractivity contribution in [1.29, 1.82) is 0 Å². The van der Waals surface area contributed by atoms with E-state index >= 15 is 0 Å². The summed E-state index contributed by atoms with van der Waals surface area (Å²) < 4.78 is 6.89. The maximum Gasteiger partial charge on any atom is 0.238 e. The topological polar surface area (TPSA) is 74.3 Å². The van der Waals surface area contributed by atoms with Crippen molar-refractivity contribution in [2.45, 2.75) is 0 Å². The van der Waals surface area contributed by atoms with E-state index in [2.05, 4.69) is 137 Å². The molecule has 6 heterocycles. The van der Waals surface area contributed by atoms with E-state index in [-0.39, 0.29) is 0 Å². The zero-order chi connectivity index (χ0) is 41.4. The number of hydrogen-bond acceptors (Lipinski definition) is 6. The maximum absolute atomic E-state index is 5.34. The Morgan fingerprint density at radius 1 is 0.349 bits per heavy atom. The lowest BCUT2D eigenvalue weighted by molar-refractivity contribution is 0.953. The smallest absolute Gasteiger partial charge is 0.238 e. The molecule has 0 radical (unpaired) electrons. The molecular weight excluding hydrogens is 791 g/mol. The predicted octanol–water partition coefficient (Wildman–Crippen LogP) is 13.9. The molecule has 0 aliphatic carbocycles. The number of para-hydroxylation sites is 2. The second-order valence-corrected chi connectivity index (χ2v) is 16.8. The Hall–Kier alpha value is -8.33. The number of pyridine rings is 2. The van der Waals surface area contributed by atoms with Crippen LogP contribution in [0.3, 0.4) is 0 Å². The van der Waals surface area contributed by atoms with E-state index < -0.39 is 0 Å². The Labute approximate surface area is 364 Å². The normalized spacial score (nSPS) is 11.8. The monoisotopic (exact) mass is 823 g/mol. The first-order chi connectivity index (χ1) is 31.2. The van der Waals surface area contributed by atoms with E-state index in [1.54, 1.807) is 11.3 Å². The van der Waals surface area contributed by atoms with Gasteiger partial charge in [0.05, 0.1) is 38.0 Å². The fourth-order valence-electron chi connectivity index (χ4n) is 9.13. The Kier molecular flexibility index (Phi) is 7.94. The van der Waals surface area contributed by atoms with Crippen molar-refractivity contribution in [2.75, 3.05) is 0 Å². The largest absolute Gasteiger partial charge is 0.294 e. The number of rotatable bonds is 6. The van der Waals surface area contributed by atoms with Crippen molar-refractivity contribution in [2.24, 2.45) is 0 Å². The van der Waals surface area contributed by atoms with Crippen molar-refractivity contribution >= 4 is 75.3 Å². The minimum atomic E-state index is 0.572. The predicted molar refractivity (Wildman–Crippen MR) is 259 cm³/mol. The third kappa shape index (κ3) is 5.76. The summed E-state index contributed by atoms with van der Waals surface area (Å²) in [4.78, 5) is 25.3. The highest BCUT2D eigenvalue weighted by atomic mass is 32.1. The van der Waals surface area contributed by atoms with Crippen LogP contribution in [0.2, 0.25) is 0 Å². The number of nitrogens with zero attached hydrogens (tertiary/aromatic N) is 7. The number of aromatic nitrogens is 7. The van der Waals surface area contributed by atoms with Crippen LogP contribution in [0.4, 0.5) is 0 Å². The molecular formula is C55H33N7S. The third-order valence-corrected chi connectivity index (χ3v) is 13.2. The van der Waals surface area contributed by atoms with E-state index in [0.29, 0.717) is 17.6 Å². The lowest BCUT2D eigenvalue weighted by Crippen LogP contribution is -2.06. The fourth-order valence-corrected chi connectivity index (χ4v) is 10.2. The van der Waals surface area contributed by atoms with E-state index in [4.69, 9.17) is 24.9 Å².